The molecule has 0 amide bonds. The highest BCUT2D eigenvalue weighted by Gasteiger charge is 2.25. The van der Waals surface area contributed by atoms with Crippen LogP contribution in [0.4, 0.5) is 0 Å². The summed E-state index contributed by atoms with van der Waals surface area (Å²) in [5.41, 5.74) is 2.62. The van der Waals surface area contributed by atoms with Crippen LogP contribution in [0.1, 0.15) is 31.4 Å². The Morgan fingerprint density at radius 3 is 2.38 bits per heavy atom. The van der Waals surface area contributed by atoms with Gasteiger partial charge in [-0.05, 0) is 38.3 Å². The van der Waals surface area contributed by atoms with Crippen LogP contribution >= 0.6 is 0 Å². The molecule has 1 aliphatic rings. The van der Waals surface area contributed by atoms with Crippen LogP contribution in [0.25, 0.3) is 0 Å². The highest BCUT2D eigenvalue weighted by Crippen LogP contribution is 2.21. The Balaban J connectivity index is 2.02. The predicted octanol–water partition coefficient (Wildman–Crippen LogP) is 3.08. The fourth-order valence-corrected chi connectivity index (χ4v) is 2.24. The molecular weight excluding hydrogens is 200 g/mol. The van der Waals surface area contributed by atoms with Gasteiger partial charge in [0, 0.05) is 6.42 Å². The summed E-state index contributed by atoms with van der Waals surface area (Å²) in [6.45, 7) is 6.36. The molecule has 1 heterocycles. The van der Waals surface area contributed by atoms with Gasteiger partial charge in [0.05, 0.1) is 12.2 Å². The lowest BCUT2D eigenvalue weighted by atomic mass is 10.0. The lowest BCUT2D eigenvalue weighted by Gasteiger charge is -2.32. The second kappa shape index (κ2) is 4.98. The summed E-state index contributed by atoms with van der Waals surface area (Å²) in [6, 6.07) is 8.40. The van der Waals surface area contributed by atoms with Gasteiger partial charge in [-0.3, -0.25) is 0 Å². The Bertz CT molecular complexity index is 338. The second-order valence-electron chi connectivity index (χ2n) is 4.69. The minimum absolute atomic E-state index is 0.0835. The minimum atomic E-state index is -0.0835. The number of benzene rings is 1. The Morgan fingerprint density at radius 2 is 1.75 bits per heavy atom. The molecule has 1 aromatic rings. The zero-order valence-electron chi connectivity index (χ0n) is 10.3. The van der Waals surface area contributed by atoms with E-state index in [-0.39, 0.29) is 6.29 Å². The first-order valence-electron chi connectivity index (χ1n) is 6.00. The lowest BCUT2D eigenvalue weighted by Crippen LogP contribution is -2.36. The molecule has 1 fully saturated rings. The number of rotatable bonds is 2. The van der Waals surface area contributed by atoms with E-state index in [1.807, 2.05) is 0 Å². The Morgan fingerprint density at radius 1 is 1.12 bits per heavy atom. The van der Waals surface area contributed by atoms with Crippen LogP contribution in [-0.2, 0) is 15.9 Å². The van der Waals surface area contributed by atoms with Gasteiger partial charge < -0.3 is 9.47 Å². The van der Waals surface area contributed by atoms with Crippen LogP contribution in [0.3, 0.4) is 0 Å². The van der Waals surface area contributed by atoms with E-state index in [9.17, 15) is 0 Å². The highest BCUT2D eigenvalue weighted by atomic mass is 16.7. The van der Waals surface area contributed by atoms with E-state index in [1.165, 1.54) is 11.1 Å². The number of ether oxygens (including phenoxy) is 2. The molecule has 16 heavy (non-hydrogen) atoms. The Kier molecular flexibility index (Phi) is 3.62. The quantitative estimate of drug-likeness (QED) is 0.762. The van der Waals surface area contributed by atoms with Gasteiger partial charge in [-0.25, -0.2) is 0 Å². The van der Waals surface area contributed by atoms with Crippen LogP contribution in [-0.4, -0.2) is 18.5 Å². The lowest BCUT2D eigenvalue weighted by molar-refractivity contribution is -0.232. The van der Waals surface area contributed by atoms with Crippen molar-refractivity contribution < 1.29 is 9.47 Å². The summed E-state index contributed by atoms with van der Waals surface area (Å²) >= 11 is 0. The topological polar surface area (TPSA) is 18.5 Å². The van der Waals surface area contributed by atoms with Gasteiger partial charge in [0.2, 0.25) is 0 Å². The molecule has 0 bridgehead atoms. The molecule has 0 spiro atoms. The molecule has 1 aliphatic heterocycles. The standard InChI is InChI=1S/C14H20O2/c1-10-6-4-5-7-13(10)9-14-15-11(2)8-12(3)16-14/h4-7,11-12,14H,8-9H2,1-3H3/t11-,12-/m1/s1. The van der Waals surface area contributed by atoms with Crippen LogP contribution in [0.15, 0.2) is 24.3 Å². The second-order valence-corrected chi connectivity index (χ2v) is 4.69. The normalized spacial score (nSPS) is 30.3. The van der Waals surface area contributed by atoms with Crippen molar-refractivity contribution in [1.82, 2.24) is 0 Å². The maximum atomic E-state index is 5.79. The molecule has 0 saturated carbocycles. The van der Waals surface area contributed by atoms with E-state index in [1.54, 1.807) is 0 Å². The molecule has 0 unspecified atom stereocenters. The third-order valence-electron chi connectivity index (χ3n) is 3.08. The van der Waals surface area contributed by atoms with Crippen molar-refractivity contribution in [2.75, 3.05) is 0 Å². The molecule has 88 valence electrons. The fraction of sp³-hybridized carbons (Fsp3) is 0.571. The SMILES string of the molecule is Cc1ccccc1CC1O[C@H](C)C[C@@H](C)O1. The number of hydrogen-bond donors (Lipinski definition) is 0. The summed E-state index contributed by atoms with van der Waals surface area (Å²) < 4.78 is 11.6. The van der Waals surface area contributed by atoms with Crippen molar-refractivity contribution in [3.05, 3.63) is 35.4 Å². The molecular formula is C14H20O2. The summed E-state index contributed by atoms with van der Waals surface area (Å²) in [5.74, 6) is 0. The fourth-order valence-electron chi connectivity index (χ4n) is 2.24. The van der Waals surface area contributed by atoms with Crippen molar-refractivity contribution in [1.29, 1.82) is 0 Å². The van der Waals surface area contributed by atoms with Gasteiger partial charge in [-0.2, -0.15) is 0 Å². The zero-order valence-corrected chi connectivity index (χ0v) is 10.3. The minimum Gasteiger partial charge on any atom is -0.349 e. The van der Waals surface area contributed by atoms with Crippen LogP contribution in [0.2, 0.25) is 0 Å². The largest absolute Gasteiger partial charge is 0.349 e. The third-order valence-corrected chi connectivity index (χ3v) is 3.08. The van der Waals surface area contributed by atoms with E-state index in [2.05, 4.69) is 45.0 Å². The summed E-state index contributed by atoms with van der Waals surface area (Å²) in [7, 11) is 0. The maximum absolute atomic E-state index is 5.79. The molecule has 0 aromatic heterocycles. The third kappa shape index (κ3) is 2.83. The van der Waals surface area contributed by atoms with Crippen molar-refractivity contribution in [3.63, 3.8) is 0 Å². The van der Waals surface area contributed by atoms with Crippen molar-refractivity contribution in [2.24, 2.45) is 0 Å². The van der Waals surface area contributed by atoms with Gasteiger partial charge >= 0.3 is 0 Å². The average molecular weight is 220 g/mol. The number of hydrogen-bond acceptors (Lipinski definition) is 2. The highest BCUT2D eigenvalue weighted by molar-refractivity contribution is 5.25. The van der Waals surface area contributed by atoms with Crippen molar-refractivity contribution >= 4 is 0 Å². The van der Waals surface area contributed by atoms with Gasteiger partial charge in [0.25, 0.3) is 0 Å². The van der Waals surface area contributed by atoms with Gasteiger partial charge in [-0.1, -0.05) is 24.3 Å². The molecule has 2 rings (SSSR count). The maximum Gasteiger partial charge on any atom is 0.162 e. The van der Waals surface area contributed by atoms with E-state index in [4.69, 9.17) is 9.47 Å². The van der Waals surface area contributed by atoms with Crippen molar-refractivity contribution in [2.45, 2.75) is 52.1 Å². The monoisotopic (exact) mass is 220 g/mol. The molecule has 0 aliphatic carbocycles. The molecule has 0 N–H and O–H groups in total. The zero-order chi connectivity index (χ0) is 11.5. The molecule has 1 saturated heterocycles. The summed E-state index contributed by atoms with van der Waals surface area (Å²) in [4.78, 5) is 0. The van der Waals surface area contributed by atoms with E-state index >= 15 is 0 Å². The van der Waals surface area contributed by atoms with Gasteiger partial charge in [-0.15, -0.1) is 0 Å². The predicted molar refractivity (Wildman–Crippen MR) is 64.4 cm³/mol. The van der Waals surface area contributed by atoms with Crippen molar-refractivity contribution in [3.8, 4) is 0 Å². The van der Waals surface area contributed by atoms with Gasteiger partial charge in [0.1, 0.15) is 0 Å². The first-order valence-corrected chi connectivity index (χ1v) is 6.00. The van der Waals surface area contributed by atoms with Crippen LogP contribution in [0, 0.1) is 6.92 Å². The molecule has 2 heteroatoms. The first-order chi connectivity index (χ1) is 7.65. The van der Waals surface area contributed by atoms with Crippen LogP contribution in [0.5, 0.6) is 0 Å². The smallest absolute Gasteiger partial charge is 0.162 e. The first kappa shape index (κ1) is 11.6. The molecule has 0 radical (unpaired) electrons. The summed E-state index contributed by atoms with van der Waals surface area (Å²) in [6.07, 6.45) is 2.36. The molecule has 2 atom stereocenters. The molecule has 2 nitrogen and oxygen atoms in total. The average Bonchev–Trinajstić information content (AvgIpc) is 2.20. The Hall–Kier alpha value is -0.860. The summed E-state index contributed by atoms with van der Waals surface area (Å²) in [5, 5.41) is 0. The number of aryl methyl sites for hydroxylation is 1. The Labute approximate surface area is 97.6 Å². The van der Waals surface area contributed by atoms with E-state index in [0.717, 1.165) is 12.8 Å². The molecule has 1 aromatic carbocycles. The van der Waals surface area contributed by atoms with Crippen LogP contribution < -0.4 is 0 Å². The van der Waals surface area contributed by atoms with Gasteiger partial charge in [0.15, 0.2) is 6.29 Å². The van der Waals surface area contributed by atoms with E-state index in [0.29, 0.717) is 12.2 Å². The van der Waals surface area contributed by atoms with E-state index < -0.39 is 0 Å².